The van der Waals surface area contributed by atoms with Crippen molar-refractivity contribution in [3.05, 3.63) is 19.2 Å². The number of nitrogens with zero attached hydrogens (tertiary/aromatic N) is 1. The number of fused-ring (bicyclic) bond motifs is 1. The lowest BCUT2D eigenvalue weighted by molar-refractivity contribution is -0.124. The molecule has 3 heterocycles. The molecular formula is C13H14Br2N2O2S. The third kappa shape index (κ3) is 2.73. The average Bonchev–Trinajstić information content (AvgIpc) is 2.94. The van der Waals surface area contributed by atoms with Gasteiger partial charge in [-0.25, -0.2) is 0 Å². The molecule has 2 aliphatic heterocycles. The molecule has 2 atom stereocenters. The normalized spacial score (nSPS) is 26.4. The van der Waals surface area contributed by atoms with E-state index in [4.69, 9.17) is 0 Å². The van der Waals surface area contributed by atoms with E-state index in [1.54, 1.807) is 0 Å². The molecule has 7 heteroatoms. The van der Waals surface area contributed by atoms with Gasteiger partial charge >= 0.3 is 0 Å². The molecule has 2 fully saturated rings. The van der Waals surface area contributed by atoms with E-state index in [2.05, 4.69) is 42.1 Å². The highest BCUT2D eigenvalue weighted by molar-refractivity contribution is 9.12. The Morgan fingerprint density at radius 1 is 1.50 bits per heavy atom. The smallest absolute Gasteiger partial charge is 0.224 e. The maximum atomic E-state index is 12.4. The summed E-state index contributed by atoms with van der Waals surface area (Å²) < 4.78 is 1.81. The quantitative estimate of drug-likeness (QED) is 0.763. The van der Waals surface area contributed by atoms with Crippen molar-refractivity contribution in [1.29, 1.82) is 0 Å². The van der Waals surface area contributed by atoms with E-state index in [0.29, 0.717) is 13.1 Å². The van der Waals surface area contributed by atoms with Gasteiger partial charge in [0.25, 0.3) is 0 Å². The highest BCUT2D eigenvalue weighted by Crippen LogP contribution is 2.33. The Balaban J connectivity index is 1.72. The molecule has 0 aliphatic carbocycles. The summed E-state index contributed by atoms with van der Waals surface area (Å²) in [5.74, 6) is 0.319. The minimum Gasteiger partial charge on any atom is -0.354 e. The number of carbonyl (C=O) groups is 2. The molecule has 2 aliphatic rings. The van der Waals surface area contributed by atoms with Crippen LogP contribution in [0.25, 0.3) is 0 Å². The number of carbonyl (C=O) groups excluding carboxylic acids is 2. The first-order valence-corrected chi connectivity index (χ1v) is 8.96. The zero-order valence-electron chi connectivity index (χ0n) is 10.7. The van der Waals surface area contributed by atoms with Gasteiger partial charge in [-0.15, -0.1) is 11.3 Å². The van der Waals surface area contributed by atoms with Gasteiger partial charge in [0.1, 0.15) is 0 Å². The van der Waals surface area contributed by atoms with Crippen LogP contribution in [0.3, 0.4) is 0 Å². The zero-order chi connectivity index (χ0) is 14.3. The number of hydrogen-bond donors (Lipinski definition) is 1. The standard InChI is InChI=1S/C13H14Br2N2O2S/c14-11-4-8(12(15)20-11)10(18)6-17-3-1-2-7-9(17)5-16-13(7)19/h4,7,9H,1-3,5-6H2,(H,16,19). The Labute approximate surface area is 138 Å². The molecule has 2 saturated heterocycles. The van der Waals surface area contributed by atoms with Crippen molar-refractivity contribution < 1.29 is 9.59 Å². The monoisotopic (exact) mass is 420 g/mol. The van der Waals surface area contributed by atoms with Gasteiger partial charge in [-0.1, -0.05) is 0 Å². The molecule has 0 spiro atoms. The van der Waals surface area contributed by atoms with E-state index < -0.39 is 0 Å². The van der Waals surface area contributed by atoms with Gasteiger partial charge in [0, 0.05) is 18.2 Å². The molecule has 3 rings (SSSR count). The Morgan fingerprint density at radius 3 is 3.00 bits per heavy atom. The fourth-order valence-electron chi connectivity index (χ4n) is 3.04. The van der Waals surface area contributed by atoms with Crippen LogP contribution < -0.4 is 5.32 Å². The Kier molecular flexibility index (Phi) is 4.31. The molecular weight excluding hydrogens is 408 g/mol. The Bertz CT molecular complexity index is 561. The first kappa shape index (κ1) is 14.7. The van der Waals surface area contributed by atoms with Crippen LogP contribution in [0.15, 0.2) is 13.6 Å². The molecule has 0 saturated carbocycles. The van der Waals surface area contributed by atoms with Crippen LogP contribution >= 0.6 is 43.2 Å². The average molecular weight is 422 g/mol. The van der Waals surface area contributed by atoms with E-state index in [1.165, 1.54) is 11.3 Å². The summed E-state index contributed by atoms with van der Waals surface area (Å²) in [5.41, 5.74) is 0.723. The summed E-state index contributed by atoms with van der Waals surface area (Å²) in [4.78, 5) is 26.3. The molecule has 0 aromatic carbocycles. The fraction of sp³-hybridized carbons (Fsp3) is 0.538. The molecule has 1 amide bonds. The number of rotatable bonds is 3. The summed E-state index contributed by atoms with van der Waals surface area (Å²) >= 11 is 8.34. The largest absolute Gasteiger partial charge is 0.354 e. The highest BCUT2D eigenvalue weighted by Gasteiger charge is 2.41. The van der Waals surface area contributed by atoms with Crippen LogP contribution in [0.5, 0.6) is 0 Å². The van der Waals surface area contributed by atoms with Crippen molar-refractivity contribution in [2.75, 3.05) is 19.6 Å². The van der Waals surface area contributed by atoms with Crippen LogP contribution in [0.2, 0.25) is 0 Å². The summed E-state index contributed by atoms with van der Waals surface area (Å²) in [6.07, 6.45) is 1.92. The van der Waals surface area contributed by atoms with Crippen LogP contribution in [-0.2, 0) is 4.79 Å². The molecule has 1 N–H and O–H groups in total. The number of halogens is 2. The number of likely N-dealkylation sites (tertiary alicyclic amines) is 1. The summed E-state index contributed by atoms with van der Waals surface area (Å²) in [6, 6.07) is 2.04. The van der Waals surface area contributed by atoms with E-state index in [9.17, 15) is 9.59 Å². The Morgan fingerprint density at radius 2 is 2.30 bits per heavy atom. The van der Waals surface area contributed by atoms with Gasteiger partial charge in [-0.2, -0.15) is 0 Å². The van der Waals surface area contributed by atoms with Gasteiger partial charge in [-0.05, 0) is 57.3 Å². The third-order valence-electron chi connectivity index (χ3n) is 4.02. The molecule has 1 aromatic heterocycles. The van der Waals surface area contributed by atoms with Crippen molar-refractivity contribution in [2.24, 2.45) is 5.92 Å². The predicted molar refractivity (Wildman–Crippen MR) is 85.1 cm³/mol. The van der Waals surface area contributed by atoms with Gasteiger partial charge in [0.05, 0.1) is 20.0 Å². The van der Waals surface area contributed by atoms with Crippen LogP contribution in [0.4, 0.5) is 0 Å². The van der Waals surface area contributed by atoms with Crippen molar-refractivity contribution in [3.63, 3.8) is 0 Å². The van der Waals surface area contributed by atoms with Crippen molar-refractivity contribution >= 4 is 54.9 Å². The SMILES string of the molecule is O=C(CN1CCCC2C(=O)NCC21)c1cc(Br)sc1Br. The van der Waals surface area contributed by atoms with Crippen LogP contribution in [0.1, 0.15) is 23.2 Å². The fourth-order valence-corrected chi connectivity index (χ4v) is 5.89. The second-order valence-electron chi connectivity index (χ2n) is 5.19. The predicted octanol–water partition coefficient (Wildman–Crippen LogP) is 2.67. The van der Waals surface area contributed by atoms with Crippen molar-refractivity contribution in [2.45, 2.75) is 18.9 Å². The molecule has 0 radical (unpaired) electrons. The highest BCUT2D eigenvalue weighted by atomic mass is 79.9. The number of nitrogens with one attached hydrogen (secondary N) is 1. The lowest BCUT2D eigenvalue weighted by Gasteiger charge is -2.35. The number of thiophene rings is 1. The topological polar surface area (TPSA) is 49.4 Å². The molecule has 1 aromatic rings. The van der Waals surface area contributed by atoms with Gasteiger partial charge in [-0.3, -0.25) is 14.5 Å². The van der Waals surface area contributed by atoms with Crippen LogP contribution in [0, 0.1) is 5.92 Å². The lowest BCUT2D eigenvalue weighted by Crippen LogP contribution is -2.47. The van der Waals surface area contributed by atoms with Crippen molar-refractivity contribution in [1.82, 2.24) is 10.2 Å². The van der Waals surface area contributed by atoms with E-state index >= 15 is 0 Å². The number of Topliss-reactive ketones (excluding diaryl/α,β-unsaturated/α-hetero) is 1. The number of amides is 1. The van der Waals surface area contributed by atoms with E-state index in [0.717, 1.165) is 32.5 Å². The Hall–Kier alpha value is -0.240. The molecule has 20 heavy (non-hydrogen) atoms. The number of ketones is 1. The first-order chi connectivity index (χ1) is 9.56. The molecule has 2 unspecified atom stereocenters. The van der Waals surface area contributed by atoms with Gasteiger partial charge < -0.3 is 5.32 Å². The molecule has 108 valence electrons. The minimum absolute atomic E-state index is 0.0641. The van der Waals surface area contributed by atoms with Gasteiger partial charge in [0.2, 0.25) is 5.91 Å². The summed E-state index contributed by atoms with van der Waals surface area (Å²) in [5, 5.41) is 2.91. The van der Waals surface area contributed by atoms with Gasteiger partial charge in [0.15, 0.2) is 5.78 Å². The third-order valence-corrected chi connectivity index (χ3v) is 6.36. The summed E-state index contributed by atoms with van der Waals surface area (Å²) in [6.45, 7) is 1.95. The lowest BCUT2D eigenvalue weighted by atomic mass is 9.91. The van der Waals surface area contributed by atoms with E-state index in [-0.39, 0.29) is 23.7 Å². The van der Waals surface area contributed by atoms with Crippen molar-refractivity contribution in [3.8, 4) is 0 Å². The van der Waals surface area contributed by atoms with Crippen LogP contribution in [-0.4, -0.2) is 42.3 Å². The second kappa shape index (κ2) is 5.87. The van der Waals surface area contributed by atoms with E-state index in [1.807, 2.05) is 6.07 Å². The second-order valence-corrected chi connectivity index (χ2v) is 8.94. The maximum Gasteiger partial charge on any atom is 0.224 e. The minimum atomic E-state index is 0.0641. The first-order valence-electron chi connectivity index (χ1n) is 6.56. The zero-order valence-corrected chi connectivity index (χ0v) is 14.7. The maximum absolute atomic E-state index is 12.4. The molecule has 0 bridgehead atoms. The number of hydrogen-bond acceptors (Lipinski definition) is 4. The summed E-state index contributed by atoms with van der Waals surface area (Å²) in [7, 11) is 0. The number of piperidine rings is 1. The molecule has 4 nitrogen and oxygen atoms in total.